The predicted molar refractivity (Wildman–Crippen MR) is 115 cm³/mol. The van der Waals surface area contributed by atoms with Gasteiger partial charge in [0, 0.05) is 44.4 Å². The van der Waals surface area contributed by atoms with E-state index in [1.807, 2.05) is 54.3 Å². The molecule has 1 saturated heterocycles. The Hall–Kier alpha value is -3.22. The molecular weight excluding hydrogens is 378 g/mol. The molecule has 3 aromatic rings. The zero-order chi connectivity index (χ0) is 20.9. The van der Waals surface area contributed by atoms with Gasteiger partial charge < -0.3 is 14.3 Å². The molecule has 156 valence electrons. The lowest BCUT2D eigenvalue weighted by Gasteiger charge is -2.37. The number of hydrogen-bond donors (Lipinski definition) is 0. The highest BCUT2D eigenvalue weighted by atomic mass is 16.5. The second kappa shape index (κ2) is 9.07. The van der Waals surface area contributed by atoms with Gasteiger partial charge in [0.25, 0.3) is 0 Å². The minimum atomic E-state index is -0.0712. The third kappa shape index (κ3) is 4.20. The van der Waals surface area contributed by atoms with Crippen molar-refractivity contribution in [2.24, 2.45) is 0 Å². The molecule has 0 aliphatic carbocycles. The van der Waals surface area contributed by atoms with Crippen molar-refractivity contribution in [3.8, 4) is 11.4 Å². The van der Waals surface area contributed by atoms with Gasteiger partial charge in [-0.05, 0) is 24.1 Å². The van der Waals surface area contributed by atoms with Crippen molar-refractivity contribution in [2.75, 3.05) is 31.1 Å². The molecule has 4 rings (SSSR count). The van der Waals surface area contributed by atoms with E-state index in [9.17, 15) is 4.79 Å². The fraction of sp³-hybridized carbons (Fsp3) is 0.391. The number of rotatable bonds is 6. The summed E-state index contributed by atoms with van der Waals surface area (Å²) in [6, 6.07) is 14.0. The van der Waals surface area contributed by atoms with E-state index in [1.54, 1.807) is 6.20 Å². The normalized spacial score (nSPS) is 15.3. The molecule has 0 bridgehead atoms. The molecule has 0 N–H and O–H groups in total. The Labute approximate surface area is 176 Å². The monoisotopic (exact) mass is 405 g/mol. The lowest BCUT2D eigenvalue weighted by atomic mass is 9.95. The van der Waals surface area contributed by atoms with E-state index >= 15 is 0 Å². The van der Waals surface area contributed by atoms with E-state index < -0.39 is 0 Å². The summed E-state index contributed by atoms with van der Waals surface area (Å²) in [5, 5.41) is 3.99. The summed E-state index contributed by atoms with van der Waals surface area (Å²) in [4.78, 5) is 26.2. The van der Waals surface area contributed by atoms with E-state index in [0.29, 0.717) is 31.2 Å². The zero-order valence-electron chi connectivity index (χ0n) is 17.5. The maximum Gasteiger partial charge on any atom is 0.230 e. The van der Waals surface area contributed by atoms with Crippen LogP contribution in [-0.4, -0.2) is 52.1 Å². The summed E-state index contributed by atoms with van der Waals surface area (Å²) < 4.78 is 5.17. The topological polar surface area (TPSA) is 75.4 Å². The highest BCUT2D eigenvalue weighted by molar-refractivity contribution is 5.84. The van der Waals surface area contributed by atoms with Crippen LogP contribution in [0.5, 0.6) is 0 Å². The van der Waals surface area contributed by atoms with Crippen LogP contribution in [0.15, 0.2) is 53.2 Å². The lowest BCUT2D eigenvalue weighted by Crippen LogP contribution is -2.50. The molecule has 1 aliphatic heterocycles. The molecule has 3 heterocycles. The third-order valence-corrected chi connectivity index (χ3v) is 5.60. The molecule has 1 unspecified atom stereocenters. The average molecular weight is 406 g/mol. The summed E-state index contributed by atoms with van der Waals surface area (Å²) >= 11 is 0. The number of piperazine rings is 1. The maximum absolute atomic E-state index is 13.1. The Kier molecular flexibility index (Phi) is 6.07. The van der Waals surface area contributed by atoms with E-state index in [-0.39, 0.29) is 11.8 Å². The molecule has 1 aliphatic rings. The first-order chi connectivity index (χ1) is 14.7. The molecule has 30 heavy (non-hydrogen) atoms. The van der Waals surface area contributed by atoms with E-state index in [1.165, 1.54) is 0 Å². The molecule has 0 radical (unpaired) electrons. The quantitative estimate of drug-likeness (QED) is 0.624. The molecule has 0 saturated carbocycles. The Morgan fingerprint density at radius 3 is 2.43 bits per heavy atom. The molecule has 1 aromatic carbocycles. The molecule has 2 aromatic heterocycles. The van der Waals surface area contributed by atoms with Crippen LogP contribution in [-0.2, 0) is 11.2 Å². The van der Waals surface area contributed by atoms with Crippen LogP contribution in [0.25, 0.3) is 11.4 Å². The Bertz CT molecular complexity index is 963. The van der Waals surface area contributed by atoms with Gasteiger partial charge in [-0.3, -0.25) is 4.79 Å². The number of benzene rings is 1. The maximum atomic E-state index is 13.1. The van der Waals surface area contributed by atoms with Crippen molar-refractivity contribution >= 4 is 11.7 Å². The van der Waals surface area contributed by atoms with Crippen LogP contribution < -0.4 is 4.90 Å². The average Bonchev–Trinajstić information content (AvgIpc) is 3.30. The molecule has 1 atom stereocenters. The van der Waals surface area contributed by atoms with Crippen LogP contribution in [0.2, 0.25) is 0 Å². The molecule has 1 fully saturated rings. The molecular formula is C23H27N5O2. The van der Waals surface area contributed by atoms with Gasteiger partial charge in [0.2, 0.25) is 17.6 Å². The number of anilines is 1. The number of aryl methyl sites for hydroxylation is 1. The van der Waals surface area contributed by atoms with Gasteiger partial charge in [-0.25, -0.2) is 4.98 Å². The van der Waals surface area contributed by atoms with Crippen molar-refractivity contribution in [3.05, 3.63) is 60.1 Å². The number of hydrogen-bond acceptors (Lipinski definition) is 6. The highest BCUT2D eigenvalue weighted by Crippen LogP contribution is 2.24. The predicted octanol–water partition coefficient (Wildman–Crippen LogP) is 3.54. The second-order valence-electron chi connectivity index (χ2n) is 7.45. The lowest BCUT2D eigenvalue weighted by molar-refractivity contribution is -0.133. The highest BCUT2D eigenvalue weighted by Gasteiger charge is 2.27. The van der Waals surface area contributed by atoms with E-state index in [0.717, 1.165) is 36.5 Å². The van der Waals surface area contributed by atoms with Crippen LogP contribution in [0.1, 0.15) is 37.6 Å². The van der Waals surface area contributed by atoms with Gasteiger partial charge in [-0.1, -0.05) is 49.3 Å². The van der Waals surface area contributed by atoms with Crippen LogP contribution in [0, 0.1) is 0 Å². The number of carbonyl (C=O) groups is 1. The van der Waals surface area contributed by atoms with Crippen molar-refractivity contribution in [1.82, 2.24) is 20.0 Å². The van der Waals surface area contributed by atoms with E-state index in [2.05, 4.69) is 26.9 Å². The van der Waals surface area contributed by atoms with Crippen molar-refractivity contribution in [2.45, 2.75) is 32.6 Å². The number of pyridine rings is 1. The fourth-order valence-corrected chi connectivity index (χ4v) is 3.84. The van der Waals surface area contributed by atoms with Crippen LogP contribution in [0.4, 0.5) is 5.82 Å². The zero-order valence-corrected chi connectivity index (χ0v) is 17.5. The smallest absolute Gasteiger partial charge is 0.230 e. The fourth-order valence-electron chi connectivity index (χ4n) is 3.84. The summed E-state index contributed by atoms with van der Waals surface area (Å²) in [6.45, 7) is 7.00. The van der Waals surface area contributed by atoms with Crippen molar-refractivity contribution < 1.29 is 9.32 Å². The first-order valence-electron chi connectivity index (χ1n) is 10.6. The second-order valence-corrected chi connectivity index (χ2v) is 7.45. The summed E-state index contributed by atoms with van der Waals surface area (Å²) in [5.41, 5.74) is 1.93. The Balaban J connectivity index is 1.37. The largest absolute Gasteiger partial charge is 0.353 e. The Morgan fingerprint density at radius 2 is 1.83 bits per heavy atom. The molecule has 0 spiro atoms. The van der Waals surface area contributed by atoms with Crippen LogP contribution in [0.3, 0.4) is 0 Å². The Morgan fingerprint density at radius 1 is 1.07 bits per heavy atom. The van der Waals surface area contributed by atoms with Gasteiger partial charge in [-0.2, -0.15) is 4.98 Å². The van der Waals surface area contributed by atoms with Gasteiger partial charge in [0.15, 0.2) is 0 Å². The summed E-state index contributed by atoms with van der Waals surface area (Å²) in [7, 11) is 0. The molecule has 1 amide bonds. The number of aromatic nitrogens is 3. The number of nitrogens with zero attached hydrogens (tertiary/aromatic N) is 5. The standard InChI is InChI=1S/C23H27N5O2/c1-3-19(17-8-6-5-7-9-17)23(29)28-14-12-27(13-15-28)20-11-10-18(16-24-20)22-25-21(4-2)30-26-22/h5-11,16,19H,3-4,12-15H2,1-2H3. The first kappa shape index (κ1) is 20.1. The van der Waals surface area contributed by atoms with Crippen molar-refractivity contribution in [1.29, 1.82) is 0 Å². The summed E-state index contributed by atoms with van der Waals surface area (Å²) in [5.74, 6) is 2.23. The molecule has 7 heteroatoms. The van der Waals surface area contributed by atoms with Gasteiger partial charge in [0.1, 0.15) is 5.82 Å². The van der Waals surface area contributed by atoms with Crippen LogP contribution >= 0.6 is 0 Å². The minimum absolute atomic E-state index is 0.0712. The van der Waals surface area contributed by atoms with Gasteiger partial charge in [0.05, 0.1) is 5.92 Å². The van der Waals surface area contributed by atoms with Gasteiger partial charge in [-0.15, -0.1) is 0 Å². The van der Waals surface area contributed by atoms with Crippen molar-refractivity contribution in [3.63, 3.8) is 0 Å². The third-order valence-electron chi connectivity index (χ3n) is 5.60. The first-order valence-corrected chi connectivity index (χ1v) is 10.6. The number of carbonyl (C=O) groups excluding carboxylic acids is 1. The van der Waals surface area contributed by atoms with Gasteiger partial charge >= 0.3 is 0 Å². The SMILES string of the molecule is CCc1nc(-c2ccc(N3CCN(C(=O)C(CC)c4ccccc4)CC3)nc2)no1. The number of amides is 1. The molecule has 7 nitrogen and oxygen atoms in total. The summed E-state index contributed by atoms with van der Waals surface area (Å²) in [6.07, 6.45) is 3.30. The van der Waals surface area contributed by atoms with E-state index in [4.69, 9.17) is 4.52 Å². The minimum Gasteiger partial charge on any atom is -0.353 e.